The molecular weight excluding hydrogens is 350 g/mol. The van der Waals surface area contributed by atoms with Crippen LogP contribution < -0.4 is 10.0 Å². The van der Waals surface area contributed by atoms with Crippen LogP contribution in [0.25, 0.3) is 0 Å². The molecule has 144 valence electrons. The fourth-order valence-corrected chi connectivity index (χ4v) is 5.12. The highest BCUT2D eigenvalue weighted by molar-refractivity contribution is 7.90. The lowest BCUT2D eigenvalue weighted by Crippen LogP contribution is -2.48. The lowest BCUT2D eigenvalue weighted by molar-refractivity contribution is 0.249. The van der Waals surface area contributed by atoms with Gasteiger partial charge in [-0.1, -0.05) is 6.07 Å². The minimum atomic E-state index is -3.79. The smallest absolute Gasteiger partial charge is 0.307 e. The zero-order chi connectivity index (χ0) is 19.1. The lowest BCUT2D eigenvalue weighted by atomic mass is 9.99. The van der Waals surface area contributed by atoms with Gasteiger partial charge < -0.3 is 5.32 Å². The van der Waals surface area contributed by atoms with Crippen LogP contribution in [-0.2, 0) is 35.7 Å². The predicted molar refractivity (Wildman–Crippen MR) is 104 cm³/mol. The summed E-state index contributed by atoms with van der Waals surface area (Å²) in [5.41, 5.74) is 5.83. The van der Waals surface area contributed by atoms with Crippen molar-refractivity contribution in [1.29, 1.82) is 0 Å². The highest BCUT2D eigenvalue weighted by Crippen LogP contribution is 2.38. The van der Waals surface area contributed by atoms with E-state index in [1.807, 2.05) is 13.8 Å². The number of aryl methyl sites for hydroxylation is 2. The van der Waals surface area contributed by atoms with Crippen molar-refractivity contribution in [1.82, 2.24) is 9.62 Å². The van der Waals surface area contributed by atoms with Crippen LogP contribution in [0.15, 0.2) is 6.07 Å². The van der Waals surface area contributed by atoms with Crippen molar-refractivity contribution < 1.29 is 13.2 Å². The van der Waals surface area contributed by atoms with Crippen LogP contribution in [0.3, 0.4) is 0 Å². The molecule has 1 unspecified atom stereocenters. The first-order valence-electron chi connectivity index (χ1n) is 9.41. The maximum Gasteiger partial charge on any atom is 0.332 e. The molecule has 2 aliphatic rings. The summed E-state index contributed by atoms with van der Waals surface area (Å²) in [5, 5.41) is 2.08. The minimum Gasteiger partial charge on any atom is -0.307 e. The first kappa shape index (κ1) is 19.2. The van der Waals surface area contributed by atoms with Gasteiger partial charge in [-0.3, -0.25) is 4.90 Å². The first-order valence-corrected chi connectivity index (χ1v) is 11.0. The number of nitrogens with zero attached hydrogens (tertiary/aromatic N) is 1. The molecule has 0 radical (unpaired) electrons. The van der Waals surface area contributed by atoms with Gasteiger partial charge in [0.2, 0.25) is 0 Å². The van der Waals surface area contributed by atoms with E-state index in [4.69, 9.17) is 0 Å². The van der Waals surface area contributed by atoms with Crippen molar-refractivity contribution in [2.75, 3.05) is 12.4 Å². The Bertz CT molecular complexity index is 786. The summed E-state index contributed by atoms with van der Waals surface area (Å²) in [6.45, 7) is 5.43. The predicted octanol–water partition coefficient (Wildman–Crippen LogP) is 2.80. The molecule has 0 saturated carbocycles. The SMILES string of the molecule is CC(C)N(C)C(C)S(=O)(=O)NC(=O)Nc1c2c(cc3c1CCC3)CCC2. The summed E-state index contributed by atoms with van der Waals surface area (Å²) in [6.07, 6.45) is 6.13. The minimum absolute atomic E-state index is 0.0605. The molecule has 1 aromatic rings. The molecule has 0 saturated heterocycles. The van der Waals surface area contributed by atoms with E-state index in [1.165, 1.54) is 22.3 Å². The molecule has 3 rings (SSSR count). The number of carbonyl (C=O) groups excluding carboxylic acids is 1. The Balaban J connectivity index is 1.79. The summed E-state index contributed by atoms with van der Waals surface area (Å²) in [5.74, 6) is 0. The van der Waals surface area contributed by atoms with Gasteiger partial charge in [-0.15, -0.1) is 0 Å². The Morgan fingerprint density at radius 2 is 1.58 bits per heavy atom. The Morgan fingerprint density at radius 1 is 1.04 bits per heavy atom. The maximum atomic E-state index is 12.5. The Labute approximate surface area is 156 Å². The highest BCUT2D eigenvalue weighted by atomic mass is 32.2. The van der Waals surface area contributed by atoms with Gasteiger partial charge in [0, 0.05) is 11.7 Å². The number of fused-ring (bicyclic) bond motifs is 2. The third kappa shape index (κ3) is 3.60. The molecule has 1 atom stereocenters. The molecule has 0 spiro atoms. The monoisotopic (exact) mass is 379 g/mol. The summed E-state index contributed by atoms with van der Waals surface area (Å²) < 4.78 is 27.3. The lowest BCUT2D eigenvalue weighted by Gasteiger charge is -2.28. The van der Waals surface area contributed by atoms with Gasteiger partial charge in [0.05, 0.1) is 0 Å². The average molecular weight is 380 g/mol. The van der Waals surface area contributed by atoms with E-state index in [1.54, 1.807) is 18.9 Å². The molecule has 0 bridgehead atoms. The number of urea groups is 1. The van der Waals surface area contributed by atoms with Gasteiger partial charge >= 0.3 is 6.03 Å². The van der Waals surface area contributed by atoms with Crippen LogP contribution in [0.2, 0.25) is 0 Å². The molecule has 2 aliphatic carbocycles. The average Bonchev–Trinajstić information content (AvgIpc) is 3.21. The maximum absolute atomic E-state index is 12.5. The quantitative estimate of drug-likeness (QED) is 0.825. The van der Waals surface area contributed by atoms with Crippen molar-refractivity contribution in [3.05, 3.63) is 28.3 Å². The second kappa shape index (κ2) is 7.19. The Morgan fingerprint density at radius 3 is 2.08 bits per heavy atom. The van der Waals surface area contributed by atoms with Crippen LogP contribution in [-0.4, -0.2) is 37.8 Å². The van der Waals surface area contributed by atoms with Gasteiger partial charge in [0.15, 0.2) is 0 Å². The van der Waals surface area contributed by atoms with Gasteiger partial charge in [-0.05, 0) is 88.6 Å². The third-order valence-corrected chi connectivity index (χ3v) is 7.48. The molecule has 26 heavy (non-hydrogen) atoms. The normalized spacial score (nSPS) is 17.3. The molecule has 2 N–H and O–H groups in total. The number of amides is 2. The summed E-state index contributed by atoms with van der Waals surface area (Å²) in [7, 11) is -2.05. The fraction of sp³-hybridized carbons (Fsp3) is 0.632. The van der Waals surface area contributed by atoms with E-state index in [0.29, 0.717) is 0 Å². The van der Waals surface area contributed by atoms with Gasteiger partial charge in [-0.25, -0.2) is 17.9 Å². The molecular formula is C19H29N3O3S. The van der Waals surface area contributed by atoms with Crippen LogP contribution in [0.5, 0.6) is 0 Å². The molecule has 0 aliphatic heterocycles. The van der Waals surface area contributed by atoms with Gasteiger partial charge in [0.25, 0.3) is 10.0 Å². The second-order valence-corrected chi connectivity index (χ2v) is 9.67. The van der Waals surface area contributed by atoms with Gasteiger partial charge in [-0.2, -0.15) is 0 Å². The zero-order valence-electron chi connectivity index (χ0n) is 16.1. The van der Waals surface area contributed by atoms with Gasteiger partial charge in [0.1, 0.15) is 5.37 Å². The topological polar surface area (TPSA) is 78.5 Å². The number of carbonyl (C=O) groups is 1. The van der Waals surface area contributed by atoms with E-state index in [-0.39, 0.29) is 6.04 Å². The van der Waals surface area contributed by atoms with E-state index in [9.17, 15) is 13.2 Å². The van der Waals surface area contributed by atoms with E-state index in [0.717, 1.165) is 44.2 Å². The van der Waals surface area contributed by atoms with E-state index >= 15 is 0 Å². The molecule has 2 amide bonds. The molecule has 0 aromatic heterocycles. The summed E-state index contributed by atoms with van der Waals surface area (Å²) >= 11 is 0. The molecule has 0 heterocycles. The van der Waals surface area contributed by atoms with Crippen LogP contribution in [0.1, 0.15) is 55.9 Å². The standard InChI is InChI=1S/C19H29N3O3S/c1-12(2)22(4)13(3)26(24,25)21-19(23)20-18-16-9-5-7-14(16)11-15-8-6-10-17(15)18/h11-13H,5-10H2,1-4H3,(H2,20,21,23). The molecule has 6 nitrogen and oxygen atoms in total. The number of rotatable bonds is 5. The second-order valence-electron chi connectivity index (χ2n) is 7.69. The third-order valence-electron chi connectivity index (χ3n) is 5.78. The highest BCUT2D eigenvalue weighted by Gasteiger charge is 2.30. The van der Waals surface area contributed by atoms with Crippen LogP contribution in [0, 0.1) is 0 Å². The number of sulfonamides is 1. The molecule has 0 fully saturated rings. The summed E-state index contributed by atoms with van der Waals surface area (Å²) in [6, 6.07) is 1.68. The number of hydrogen-bond acceptors (Lipinski definition) is 4. The number of nitrogens with one attached hydrogen (secondary N) is 2. The Hall–Kier alpha value is -1.60. The fourth-order valence-electron chi connectivity index (χ4n) is 3.96. The van der Waals surface area contributed by atoms with Crippen LogP contribution in [0.4, 0.5) is 10.5 Å². The number of anilines is 1. The largest absolute Gasteiger partial charge is 0.332 e. The van der Waals surface area contributed by atoms with Crippen molar-refractivity contribution in [2.24, 2.45) is 0 Å². The molecule has 7 heteroatoms. The first-order chi connectivity index (χ1) is 12.2. The van der Waals surface area contributed by atoms with Crippen LogP contribution >= 0.6 is 0 Å². The van der Waals surface area contributed by atoms with E-state index in [2.05, 4.69) is 16.1 Å². The van der Waals surface area contributed by atoms with Crippen molar-refractivity contribution in [3.8, 4) is 0 Å². The number of benzene rings is 1. The van der Waals surface area contributed by atoms with Crippen molar-refractivity contribution in [3.63, 3.8) is 0 Å². The van der Waals surface area contributed by atoms with E-state index < -0.39 is 21.4 Å². The molecule has 1 aromatic carbocycles. The number of hydrogen-bond donors (Lipinski definition) is 2. The Kier molecular flexibility index (Phi) is 5.30. The zero-order valence-corrected chi connectivity index (χ0v) is 16.9. The van der Waals surface area contributed by atoms with Crippen molar-refractivity contribution >= 4 is 21.7 Å². The van der Waals surface area contributed by atoms with Crippen molar-refractivity contribution in [2.45, 2.75) is 70.7 Å². The summed E-state index contributed by atoms with van der Waals surface area (Å²) in [4.78, 5) is 14.2.